The number of hydrogen-bond donors (Lipinski definition) is 1. The molecule has 22 heavy (non-hydrogen) atoms. The Morgan fingerprint density at radius 1 is 1.23 bits per heavy atom. The standard InChI is InChI=1S/C15H9F2N5/c16-9-3-4-11(13(17)6-9)14-12(7-18)15(19)22(21-14)10-2-1-5-20-8-10/h1-6,8H,19H2. The third-order valence-electron chi connectivity index (χ3n) is 3.11. The van der Waals surface area contributed by atoms with E-state index in [4.69, 9.17) is 5.73 Å². The molecule has 0 atom stereocenters. The molecular formula is C15H9F2N5. The Kier molecular flexibility index (Phi) is 3.27. The second-order valence-electron chi connectivity index (χ2n) is 4.47. The fourth-order valence-corrected chi connectivity index (χ4v) is 2.09. The molecule has 0 aliphatic carbocycles. The van der Waals surface area contributed by atoms with E-state index in [1.165, 1.54) is 16.9 Å². The van der Waals surface area contributed by atoms with E-state index in [9.17, 15) is 14.0 Å². The number of hydrogen-bond acceptors (Lipinski definition) is 4. The number of aromatic nitrogens is 3. The maximum atomic E-state index is 13.9. The Morgan fingerprint density at radius 2 is 2.05 bits per heavy atom. The van der Waals surface area contributed by atoms with Crippen LogP contribution in [-0.4, -0.2) is 14.8 Å². The number of nitrogens with two attached hydrogens (primary N) is 1. The first-order valence-electron chi connectivity index (χ1n) is 6.26. The summed E-state index contributed by atoms with van der Waals surface area (Å²) in [6.07, 6.45) is 3.09. The van der Waals surface area contributed by atoms with Gasteiger partial charge in [0.25, 0.3) is 0 Å². The second-order valence-corrected chi connectivity index (χ2v) is 4.47. The Labute approximate surface area is 124 Å². The minimum absolute atomic E-state index is 0.00675. The number of pyridine rings is 1. The Bertz CT molecular complexity index is 881. The summed E-state index contributed by atoms with van der Waals surface area (Å²) in [6, 6.07) is 8.33. The van der Waals surface area contributed by atoms with E-state index in [0.29, 0.717) is 5.69 Å². The molecule has 0 aliphatic heterocycles. The molecule has 5 nitrogen and oxygen atoms in total. The quantitative estimate of drug-likeness (QED) is 0.788. The maximum absolute atomic E-state index is 13.9. The average molecular weight is 297 g/mol. The molecular weight excluding hydrogens is 288 g/mol. The monoisotopic (exact) mass is 297 g/mol. The Morgan fingerprint density at radius 3 is 2.68 bits per heavy atom. The van der Waals surface area contributed by atoms with Gasteiger partial charge in [-0.2, -0.15) is 10.4 Å². The van der Waals surface area contributed by atoms with E-state index in [0.717, 1.165) is 12.1 Å². The Balaban J connectivity index is 2.24. The number of halogens is 2. The summed E-state index contributed by atoms with van der Waals surface area (Å²) in [5.74, 6) is -1.46. The van der Waals surface area contributed by atoms with Gasteiger partial charge in [-0.3, -0.25) is 4.98 Å². The molecule has 0 saturated heterocycles. The van der Waals surface area contributed by atoms with Gasteiger partial charge in [-0.15, -0.1) is 0 Å². The van der Waals surface area contributed by atoms with Gasteiger partial charge in [-0.25, -0.2) is 13.5 Å². The van der Waals surface area contributed by atoms with Crippen molar-refractivity contribution < 1.29 is 8.78 Å². The smallest absolute Gasteiger partial charge is 0.145 e. The van der Waals surface area contributed by atoms with Crippen molar-refractivity contribution >= 4 is 5.82 Å². The minimum Gasteiger partial charge on any atom is -0.382 e. The summed E-state index contributed by atoms with van der Waals surface area (Å²) in [5, 5.41) is 13.4. The predicted molar refractivity (Wildman–Crippen MR) is 75.8 cm³/mol. The van der Waals surface area contributed by atoms with Crippen LogP contribution in [0.5, 0.6) is 0 Å². The molecule has 2 aromatic heterocycles. The predicted octanol–water partition coefficient (Wildman–Crippen LogP) is 2.67. The summed E-state index contributed by atoms with van der Waals surface area (Å²) >= 11 is 0. The summed E-state index contributed by atoms with van der Waals surface area (Å²) in [4.78, 5) is 3.95. The zero-order valence-corrected chi connectivity index (χ0v) is 11.2. The van der Waals surface area contributed by atoms with Gasteiger partial charge in [-0.05, 0) is 24.3 Å². The second kappa shape index (κ2) is 5.26. The summed E-state index contributed by atoms with van der Waals surface area (Å²) in [7, 11) is 0. The van der Waals surface area contributed by atoms with E-state index in [2.05, 4.69) is 10.1 Å². The molecule has 0 spiro atoms. The topological polar surface area (TPSA) is 80.5 Å². The van der Waals surface area contributed by atoms with Crippen LogP contribution >= 0.6 is 0 Å². The first-order chi connectivity index (χ1) is 10.6. The lowest BCUT2D eigenvalue weighted by molar-refractivity contribution is 0.585. The van der Waals surface area contributed by atoms with Crippen molar-refractivity contribution in [2.75, 3.05) is 5.73 Å². The summed E-state index contributed by atoms with van der Waals surface area (Å²) < 4.78 is 28.3. The molecule has 7 heteroatoms. The molecule has 3 rings (SSSR count). The number of benzene rings is 1. The molecule has 1 aromatic carbocycles. The molecule has 0 bridgehead atoms. The lowest BCUT2D eigenvalue weighted by atomic mass is 10.1. The van der Waals surface area contributed by atoms with Crippen LogP contribution in [0.3, 0.4) is 0 Å². The van der Waals surface area contributed by atoms with E-state index in [1.54, 1.807) is 18.3 Å². The molecule has 2 N–H and O–H groups in total. The van der Waals surface area contributed by atoms with Crippen LogP contribution in [0.15, 0.2) is 42.7 Å². The van der Waals surface area contributed by atoms with Crippen molar-refractivity contribution in [2.45, 2.75) is 0 Å². The summed E-state index contributed by atoms with van der Waals surface area (Å²) in [5.41, 5.74) is 6.54. The van der Waals surface area contributed by atoms with Crippen molar-refractivity contribution in [1.29, 1.82) is 5.26 Å². The highest BCUT2D eigenvalue weighted by Gasteiger charge is 2.20. The maximum Gasteiger partial charge on any atom is 0.145 e. The van der Waals surface area contributed by atoms with Gasteiger partial charge >= 0.3 is 0 Å². The number of nitrogens with zero attached hydrogens (tertiary/aromatic N) is 4. The van der Waals surface area contributed by atoms with Crippen molar-refractivity contribution in [1.82, 2.24) is 14.8 Å². The van der Waals surface area contributed by atoms with Crippen LogP contribution in [0.2, 0.25) is 0 Å². The third kappa shape index (κ3) is 2.16. The van der Waals surface area contributed by atoms with E-state index in [-0.39, 0.29) is 22.6 Å². The molecule has 0 aliphatic rings. The first-order valence-corrected chi connectivity index (χ1v) is 6.26. The zero-order valence-electron chi connectivity index (χ0n) is 11.2. The fraction of sp³-hybridized carbons (Fsp3) is 0. The number of rotatable bonds is 2. The van der Waals surface area contributed by atoms with Crippen molar-refractivity contribution in [3.05, 3.63) is 59.9 Å². The minimum atomic E-state index is -0.813. The third-order valence-corrected chi connectivity index (χ3v) is 3.11. The number of anilines is 1. The lowest BCUT2D eigenvalue weighted by Gasteiger charge is -2.02. The molecule has 3 aromatic rings. The van der Waals surface area contributed by atoms with E-state index < -0.39 is 11.6 Å². The fourth-order valence-electron chi connectivity index (χ4n) is 2.09. The van der Waals surface area contributed by atoms with Crippen LogP contribution < -0.4 is 5.73 Å². The van der Waals surface area contributed by atoms with Gasteiger partial charge in [-0.1, -0.05) is 0 Å². The molecule has 0 amide bonds. The molecule has 0 radical (unpaired) electrons. The Hall–Kier alpha value is -3.27. The first kappa shape index (κ1) is 13.7. The van der Waals surface area contributed by atoms with Gasteiger partial charge in [0.15, 0.2) is 0 Å². The lowest BCUT2D eigenvalue weighted by Crippen LogP contribution is -2.02. The highest BCUT2D eigenvalue weighted by molar-refractivity contribution is 5.74. The SMILES string of the molecule is N#Cc1c(-c2ccc(F)cc2F)nn(-c2cccnc2)c1N. The van der Waals surface area contributed by atoms with Crippen LogP contribution in [-0.2, 0) is 0 Å². The molecule has 0 saturated carbocycles. The van der Waals surface area contributed by atoms with Crippen LogP contribution in [0.1, 0.15) is 5.56 Å². The van der Waals surface area contributed by atoms with Crippen LogP contribution in [0.4, 0.5) is 14.6 Å². The van der Waals surface area contributed by atoms with Crippen LogP contribution in [0.25, 0.3) is 16.9 Å². The van der Waals surface area contributed by atoms with Gasteiger partial charge < -0.3 is 5.73 Å². The van der Waals surface area contributed by atoms with Gasteiger partial charge in [0.2, 0.25) is 0 Å². The van der Waals surface area contributed by atoms with E-state index >= 15 is 0 Å². The largest absolute Gasteiger partial charge is 0.382 e. The highest BCUT2D eigenvalue weighted by atomic mass is 19.1. The van der Waals surface area contributed by atoms with Crippen molar-refractivity contribution in [2.24, 2.45) is 0 Å². The molecule has 0 unspecified atom stereocenters. The number of nitriles is 1. The molecule has 108 valence electrons. The van der Waals surface area contributed by atoms with Gasteiger partial charge in [0.1, 0.15) is 34.8 Å². The molecule has 2 heterocycles. The van der Waals surface area contributed by atoms with E-state index in [1.807, 2.05) is 6.07 Å². The number of nitrogen functional groups attached to an aromatic ring is 1. The summed E-state index contributed by atoms with van der Waals surface area (Å²) in [6.45, 7) is 0. The average Bonchev–Trinajstić information content (AvgIpc) is 2.84. The van der Waals surface area contributed by atoms with Crippen molar-refractivity contribution in [3.8, 4) is 23.0 Å². The zero-order chi connectivity index (χ0) is 15.7. The van der Waals surface area contributed by atoms with Gasteiger partial charge in [0.05, 0.1) is 11.9 Å². The highest BCUT2D eigenvalue weighted by Crippen LogP contribution is 2.30. The van der Waals surface area contributed by atoms with Crippen LogP contribution in [0, 0.1) is 23.0 Å². The van der Waals surface area contributed by atoms with Gasteiger partial charge in [0, 0.05) is 17.8 Å². The normalized spacial score (nSPS) is 10.4. The van der Waals surface area contributed by atoms with Crippen molar-refractivity contribution in [3.63, 3.8) is 0 Å². The molecule has 0 fully saturated rings.